The fourth-order valence-electron chi connectivity index (χ4n) is 2.47. The molecule has 1 saturated heterocycles. The average Bonchev–Trinajstić information content (AvgIpc) is 3.05. The van der Waals surface area contributed by atoms with Crippen molar-refractivity contribution in [2.45, 2.75) is 12.8 Å². The second-order valence-electron chi connectivity index (χ2n) is 4.72. The Bertz CT molecular complexity index is 657. The Balaban J connectivity index is 1.95. The van der Waals surface area contributed by atoms with Crippen LogP contribution in [-0.2, 0) is 4.79 Å². The lowest BCUT2D eigenvalue weighted by Crippen LogP contribution is -2.34. The molecule has 0 spiro atoms. The molecule has 19 heavy (non-hydrogen) atoms. The number of carbonyl (C=O) groups is 2. The quantitative estimate of drug-likeness (QED) is 0.677. The number of rotatable bonds is 2. The Morgan fingerprint density at radius 2 is 1.95 bits per heavy atom. The van der Waals surface area contributed by atoms with E-state index in [0.717, 1.165) is 23.7 Å². The summed E-state index contributed by atoms with van der Waals surface area (Å²) in [5, 5.41) is 1.33. The molecule has 0 bridgehead atoms. The van der Waals surface area contributed by atoms with E-state index in [1.807, 2.05) is 0 Å². The molecular formula is C14H13ClN2O2. The molecule has 98 valence electrons. The zero-order valence-electron chi connectivity index (χ0n) is 10.3. The number of nitrogens with zero attached hydrogens (tertiary/aromatic N) is 1. The summed E-state index contributed by atoms with van der Waals surface area (Å²) in [6.45, 7) is 1.36. The van der Waals surface area contributed by atoms with Crippen LogP contribution in [0.25, 0.3) is 10.9 Å². The van der Waals surface area contributed by atoms with E-state index in [1.165, 1.54) is 0 Å². The number of aromatic nitrogens is 1. The number of Topliss-reactive ketones (excluding diaryl/α,β-unsaturated/α-hetero) is 1. The van der Waals surface area contributed by atoms with E-state index in [0.29, 0.717) is 23.7 Å². The monoisotopic (exact) mass is 276 g/mol. The maximum Gasteiger partial charge on any atom is 0.295 e. The van der Waals surface area contributed by atoms with Gasteiger partial charge < -0.3 is 9.88 Å². The molecule has 1 fully saturated rings. The normalized spacial score (nSPS) is 15.1. The van der Waals surface area contributed by atoms with E-state index in [1.54, 1.807) is 29.3 Å². The highest BCUT2D eigenvalue weighted by molar-refractivity contribution is 6.45. The first-order chi connectivity index (χ1) is 9.16. The second kappa shape index (κ2) is 4.70. The largest absolute Gasteiger partial charge is 0.360 e. The number of hydrogen-bond acceptors (Lipinski definition) is 2. The minimum atomic E-state index is -0.449. The number of carbonyl (C=O) groups excluding carboxylic acids is 2. The first-order valence-electron chi connectivity index (χ1n) is 6.27. The van der Waals surface area contributed by atoms with Crippen LogP contribution in [0.1, 0.15) is 23.2 Å². The molecule has 1 aromatic carbocycles. The van der Waals surface area contributed by atoms with Gasteiger partial charge in [-0.2, -0.15) is 0 Å². The van der Waals surface area contributed by atoms with Crippen molar-refractivity contribution in [2.75, 3.05) is 13.1 Å². The summed E-state index contributed by atoms with van der Waals surface area (Å²) in [6.07, 6.45) is 3.53. The molecule has 2 aromatic rings. The number of hydrogen-bond donors (Lipinski definition) is 1. The van der Waals surface area contributed by atoms with Crippen LogP contribution >= 0.6 is 11.6 Å². The zero-order chi connectivity index (χ0) is 13.4. The van der Waals surface area contributed by atoms with Crippen LogP contribution in [-0.4, -0.2) is 34.7 Å². The number of amides is 1. The number of ketones is 1. The van der Waals surface area contributed by atoms with Gasteiger partial charge in [-0.1, -0.05) is 17.7 Å². The third-order valence-electron chi connectivity index (χ3n) is 3.48. The molecule has 0 aliphatic carbocycles. The Hall–Kier alpha value is -1.81. The first-order valence-corrected chi connectivity index (χ1v) is 6.65. The van der Waals surface area contributed by atoms with Crippen LogP contribution in [0.2, 0.25) is 5.02 Å². The molecule has 1 aromatic heterocycles. The number of likely N-dealkylation sites (tertiary alicyclic amines) is 1. The van der Waals surface area contributed by atoms with E-state index < -0.39 is 11.7 Å². The van der Waals surface area contributed by atoms with Crippen LogP contribution in [0.15, 0.2) is 24.4 Å². The van der Waals surface area contributed by atoms with Crippen molar-refractivity contribution in [1.82, 2.24) is 9.88 Å². The fraction of sp³-hybridized carbons (Fsp3) is 0.286. The van der Waals surface area contributed by atoms with Crippen molar-refractivity contribution in [1.29, 1.82) is 0 Å². The first kappa shape index (κ1) is 12.2. The molecule has 1 aliphatic rings. The number of benzene rings is 1. The van der Waals surface area contributed by atoms with Gasteiger partial charge in [-0.25, -0.2) is 0 Å². The molecule has 1 aliphatic heterocycles. The van der Waals surface area contributed by atoms with Gasteiger partial charge in [-0.05, 0) is 25.0 Å². The number of halogens is 1. The van der Waals surface area contributed by atoms with E-state index >= 15 is 0 Å². The highest BCUT2D eigenvalue weighted by Gasteiger charge is 2.27. The van der Waals surface area contributed by atoms with Gasteiger partial charge in [0.2, 0.25) is 0 Å². The Morgan fingerprint density at radius 3 is 2.68 bits per heavy atom. The lowest BCUT2D eigenvalue weighted by Gasteiger charge is -2.13. The van der Waals surface area contributed by atoms with Crippen LogP contribution in [0.5, 0.6) is 0 Å². The highest BCUT2D eigenvalue weighted by Crippen LogP contribution is 2.23. The number of nitrogens with one attached hydrogen (secondary N) is 1. The van der Waals surface area contributed by atoms with Gasteiger partial charge in [0.25, 0.3) is 11.7 Å². The second-order valence-corrected chi connectivity index (χ2v) is 5.16. The van der Waals surface area contributed by atoms with Gasteiger partial charge in [0.1, 0.15) is 0 Å². The van der Waals surface area contributed by atoms with Crippen molar-refractivity contribution in [2.24, 2.45) is 0 Å². The number of aromatic amines is 1. The standard InChI is InChI=1S/C14H13ClN2O2/c15-9-3-4-10-11(8-16-12(10)7-9)13(18)14(19)17-5-1-2-6-17/h3-4,7-8,16H,1-2,5-6H2. The molecule has 0 unspecified atom stereocenters. The molecular weight excluding hydrogens is 264 g/mol. The molecule has 0 saturated carbocycles. The maximum atomic E-state index is 12.2. The fourth-order valence-corrected chi connectivity index (χ4v) is 2.64. The van der Waals surface area contributed by atoms with Crippen molar-refractivity contribution in [3.05, 3.63) is 35.0 Å². The summed E-state index contributed by atoms with van der Waals surface area (Å²) in [4.78, 5) is 28.9. The van der Waals surface area contributed by atoms with Gasteiger partial charge in [0, 0.05) is 35.2 Å². The summed E-state index contributed by atoms with van der Waals surface area (Å²) in [5.74, 6) is -0.858. The lowest BCUT2D eigenvalue weighted by molar-refractivity contribution is -0.125. The number of fused-ring (bicyclic) bond motifs is 1. The summed E-state index contributed by atoms with van der Waals surface area (Å²) < 4.78 is 0. The summed E-state index contributed by atoms with van der Waals surface area (Å²) >= 11 is 5.89. The van der Waals surface area contributed by atoms with Crippen molar-refractivity contribution in [3.63, 3.8) is 0 Å². The van der Waals surface area contributed by atoms with Gasteiger partial charge in [-0.15, -0.1) is 0 Å². The Morgan fingerprint density at radius 1 is 1.21 bits per heavy atom. The van der Waals surface area contributed by atoms with Crippen LogP contribution in [0.3, 0.4) is 0 Å². The average molecular weight is 277 g/mol. The zero-order valence-corrected chi connectivity index (χ0v) is 11.0. The van der Waals surface area contributed by atoms with Gasteiger partial charge in [0.15, 0.2) is 0 Å². The molecule has 1 amide bonds. The minimum Gasteiger partial charge on any atom is -0.360 e. The third kappa shape index (κ3) is 2.12. The molecule has 5 heteroatoms. The SMILES string of the molecule is O=C(C(=O)N1CCCC1)c1c[nH]c2cc(Cl)ccc12. The molecule has 1 N–H and O–H groups in total. The molecule has 3 rings (SSSR count). The van der Waals surface area contributed by atoms with Crippen molar-refractivity contribution >= 4 is 34.2 Å². The topological polar surface area (TPSA) is 53.2 Å². The summed E-state index contributed by atoms with van der Waals surface area (Å²) in [5.41, 5.74) is 1.19. The van der Waals surface area contributed by atoms with Crippen LogP contribution in [0, 0.1) is 0 Å². The maximum absolute atomic E-state index is 12.2. The highest BCUT2D eigenvalue weighted by atomic mass is 35.5. The lowest BCUT2D eigenvalue weighted by atomic mass is 10.1. The molecule has 0 radical (unpaired) electrons. The molecule has 4 nitrogen and oxygen atoms in total. The van der Waals surface area contributed by atoms with E-state index in [4.69, 9.17) is 11.6 Å². The van der Waals surface area contributed by atoms with Gasteiger partial charge in [-0.3, -0.25) is 9.59 Å². The predicted molar refractivity (Wildman–Crippen MR) is 73.5 cm³/mol. The minimum absolute atomic E-state index is 0.409. The Labute approximate surface area is 115 Å². The third-order valence-corrected chi connectivity index (χ3v) is 3.71. The van der Waals surface area contributed by atoms with Crippen molar-refractivity contribution in [3.8, 4) is 0 Å². The predicted octanol–water partition coefficient (Wildman–Crippen LogP) is 2.63. The summed E-state index contributed by atoms with van der Waals surface area (Å²) in [6, 6.07) is 5.22. The van der Waals surface area contributed by atoms with Crippen LogP contribution in [0.4, 0.5) is 0 Å². The van der Waals surface area contributed by atoms with Gasteiger partial charge in [0.05, 0.1) is 5.56 Å². The molecule has 0 atom stereocenters. The molecule has 2 heterocycles. The van der Waals surface area contributed by atoms with E-state index in [-0.39, 0.29) is 0 Å². The Kier molecular flexibility index (Phi) is 3.03. The van der Waals surface area contributed by atoms with E-state index in [2.05, 4.69) is 4.98 Å². The summed E-state index contributed by atoms with van der Waals surface area (Å²) in [7, 11) is 0. The number of H-pyrrole nitrogens is 1. The van der Waals surface area contributed by atoms with Gasteiger partial charge >= 0.3 is 0 Å². The van der Waals surface area contributed by atoms with Crippen LogP contribution < -0.4 is 0 Å². The van der Waals surface area contributed by atoms with E-state index in [9.17, 15) is 9.59 Å². The van der Waals surface area contributed by atoms with Crippen molar-refractivity contribution < 1.29 is 9.59 Å². The smallest absolute Gasteiger partial charge is 0.295 e.